The molecule has 1 aliphatic heterocycles. The molecule has 1 saturated heterocycles. The van der Waals surface area contributed by atoms with E-state index in [1.54, 1.807) is 0 Å². The van der Waals surface area contributed by atoms with Crippen LogP contribution in [0.3, 0.4) is 0 Å². The fourth-order valence-electron chi connectivity index (χ4n) is 2.80. The van der Waals surface area contributed by atoms with E-state index in [1.807, 2.05) is 0 Å². The number of fused-ring (bicyclic) bond motifs is 1. The first kappa shape index (κ1) is 11.1. The molecule has 1 fully saturated rings. The Bertz CT molecular complexity index is 405. The van der Waals surface area contributed by atoms with Crippen molar-refractivity contribution in [3.63, 3.8) is 0 Å². The molecular formula is C14H19NO2. The Hall–Kier alpha value is -1.06. The van der Waals surface area contributed by atoms with Gasteiger partial charge in [-0.25, -0.2) is 0 Å². The van der Waals surface area contributed by atoms with Gasteiger partial charge in [-0.05, 0) is 42.9 Å². The van der Waals surface area contributed by atoms with Crippen LogP contribution < -0.4 is 5.32 Å². The Morgan fingerprint density at radius 3 is 2.88 bits per heavy atom. The van der Waals surface area contributed by atoms with Crippen molar-refractivity contribution in [1.82, 2.24) is 0 Å². The van der Waals surface area contributed by atoms with Crippen LogP contribution >= 0.6 is 0 Å². The summed E-state index contributed by atoms with van der Waals surface area (Å²) in [6.07, 6.45) is 4.53. The van der Waals surface area contributed by atoms with Crippen LogP contribution in [-0.4, -0.2) is 30.5 Å². The van der Waals surface area contributed by atoms with Crippen LogP contribution in [0.5, 0.6) is 0 Å². The number of ether oxygens (including phenoxy) is 1. The lowest BCUT2D eigenvalue weighted by atomic mass is 9.90. The van der Waals surface area contributed by atoms with E-state index in [4.69, 9.17) is 4.74 Å². The third-order valence-electron chi connectivity index (χ3n) is 3.79. The normalized spacial score (nSPS) is 27.8. The van der Waals surface area contributed by atoms with Gasteiger partial charge in [-0.2, -0.15) is 0 Å². The molecule has 1 heterocycles. The smallest absolute Gasteiger partial charge is 0.0996 e. The lowest BCUT2D eigenvalue weighted by molar-refractivity contribution is 0.125. The zero-order chi connectivity index (χ0) is 11.7. The van der Waals surface area contributed by atoms with E-state index in [9.17, 15) is 5.11 Å². The zero-order valence-corrected chi connectivity index (χ0v) is 9.98. The molecule has 0 spiro atoms. The number of rotatable bonds is 2. The van der Waals surface area contributed by atoms with Crippen molar-refractivity contribution in [2.45, 2.75) is 37.8 Å². The summed E-state index contributed by atoms with van der Waals surface area (Å²) in [4.78, 5) is 0. The summed E-state index contributed by atoms with van der Waals surface area (Å²) < 4.78 is 5.27. The molecule has 2 N–H and O–H groups in total. The molecule has 1 aromatic carbocycles. The van der Waals surface area contributed by atoms with Crippen LogP contribution in [0.15, 0.2) is 18.2 Å². The minimum absolute atomic E-state index is 0.0448. The van der Waals surface area contributed by atoms with Gasteiger partial charge in [-0.3, -0.25) is 0 Å². The number of hydrogen-bond acceptors (Lipinski definition) is 3. The van der Waals surface area contributed by atoms with Crippen molar-refractivity contribution in [2.75, 3.05) is 18.5 Å². The molecule has 3 rings (SSSR count). The highest BCUT2D eigenvalue weighted by Gasteiger charge is 2.26. The van der Waals surface area contributed by atoms with Gasteiger partial charge in [0.1, 0.15) is 0 Å². The molecule has 0 amide bonds. The molecule has 2 aliphatic rings. The topological polar surface area (TPSA) is 41.5 Å². The van der Waals surface area contributed by atoms with Crippen LogP contribution in [-0.2, 0) is 17.6 Å². The molecular weight excluding hydrogens is 214 g/mol. The predicted molar refractivity (Wildman–Crippen MR) is 67.3 cm³/mol. The van der Waals surface area contributed by atoms with E-state index in [0.717, 1.165) is 6.42 Å². The molecule has 1 aromatic rings. The molecule has 3 nitrogen and oxygen atoms in total. The SMILES string of the molecule is OC1COCC1Nc1cccc2c1CCCC2. The van der Waals surface area contributed by atoms with E-state index >= 15 is 0 Å². The average Bonchev–Trinajstić information content (AvgIpc) is 2.76. The quantitative estimate of drug-likeness (QED) is 0.817. The van der Waals surface area contributed by atoms with Gasteiger partial charge < -0.3 is 15.2 Å². The van der Waals surface area contributed by atoms with Crippen LogP contribution in [0.1, 0.15) is 24.0 Å². The van der Waals surface area contributed by atoms with Gasteiger partial charge in [-0.15, -0.1) is 0 Å². The molecule has 17 heavy (non-hydrogen) atoms. The highest BCUT2D eigenvalue weighted by molar-refractivity contribution is 5.56. The molecule has 92 valence electrons. The maximum Gasteiger partial charge on any atom is 0.0996 e. The second-order valence-corrected chi connectivity index (χ2v) is 5.01. The second-order valence-electron chi connectivity index (χ2n) is 5.01. The third kappa shape index (κ3) is 2.17. The summed E-state index contributed by atoms with van der Waals surface area (Å²) in [7, 11) is 0. The van der Waals surface area contributed by atoms with Crippen molar-refractivity contribution < 1.29 is 9.84 Å². The van der Waals surface area contributed by atoms with E-state index in [0.29, 0.717) is 13.2 Å². The van der Waals surface area contributed by atoms with Gasteiger partial charge in [0.25, 0.3) is 0 Å². The van der Waals surface area contributed by atoms with Crippen molar-refractivity contribution >= 4 is 5.69 Å². The second kappa shape index (κ2) is 4.67. The van der Waals surface area contributed by atoms with Gasteiger partial charge in [0.15, 0.2) is 0 Å². The van der Waals surface area contributed by atoms with Crippen molar-refractivity contribution in [1.29, 1.82) is 0 Å². The lowest BCUT2D eigenvalue weighted by Crippen LogP contribution is -2.32. The number of nitrogens with one attached hydrogen (secondary N) is 1. The number of benzene rings is 1. The fraction of sp³-hybridized carbons (Fsp3) is 0.571. The van der Waals surface area contributed by atoms with Crippen LogP contribution in [0, 0.1) is 0 Å². The van der Waals surface area contributed by atoms with E-state index in [1.165, 1.54) is 36.1 Å². The first-order chi connectivity index (χ1) is 8.34. The monoisotopic (exact) mass is 233 g/mol. The number of aliphatic hydroxyl groups is 1. The number of anilines is 1. The van der Waals surface area contributed by atoms with Gasteiger partial charge in [-0.1, -0.05) is 12.1 Å². The standard InChI is InChI=1S/C14H19NO2/c16-14-9-17-8-13(14)15-12-7-3-5-10-4-1-2-6-11(10)12/h3,5,7,13-16H,1-2,4,6,8-9H2. The third-order valence-corrected chi connectivity index (χ3v) is 3.79. The van der Waals surface area contributed by atoms with Crippen LogP contribution in [0.25, 0.3) is 0 Å². The summed E-state index contributed by atoms with van der Waals surface area (Å²) in [5.74, 6) is 0. The van der Waals surface area contributed by atoms with Crippen LogP contribution in [0.4, 0.5) is 5.69 Å². The minimum Gasteiger partial charge on any atom is -0.388 e. The van der Waals surface area contributed by atoms with Crippen molar-refractivity contribution in [2.24, 2.45) is 0 Å². The summed E-state index contributed by atoms with van der Waals surface area (Å²) in [5, 5.41) is 13.2. The molecule has 2 atom stereocenters. The number of hydrogen-bond donors (Lipinski definition) is 2. The first-order valence-corrected chi connectivity index (χ1v) is 6.48. The van der Waals surface area contributed by atoms with Crippen LogP contribution in [0.2, 0.25) is 0 Å². The van der Waals surface area contributed by atoms with E-state index < -0.39 is 0 Å². The Morgan fingerprint density at radius 2 is 2.06 bits per heavy atom. The van der Waals surface area contributed by atoms with Gasteiger partial charge in [0, 0.05) is 5.69 Å². The maximum atomic E-state index is 9.77. The molecule has 0 bridgehead atoms. The van der Waals surface area contributed by atoms with Gasteiger partial charge >= 0.3 is 0 Å². The van der Waals surface area contributed by atoms with Gasteiger partial charge in [0.05, 0.1) is 25.4 Å². The highest BCUT2D eigenvalue weighted by atomic mass is 16.5. The van der Waals surface area contributed by atoms with E-state index in [2.05, 4.69) is 23.5 Å². The summed E-state index contributed by atoms with van der Waals surface area (Å²) in [5.41, 5.74) is 4.10. The molecule has 0 saturated carbocycles. The molecule has 3 heteroatoms. The first-order valence-electron chi connectivity index (χ1n) is 6.48. The predicted octanol–water partition coefficient (Wildman–Crippen LogP) is 1.74. The molecule has 0 aromatic heterocycles. The summed E-state index contributed by atoms with van der Waals surface area (Å²) >= 11 is 0. The molecule has 2 unspecified atom stereocenters. The Balaban J connectivity index is 1.82. The summed E-state index contributed by atoms with van der Waals surface area (Å²) in [6, 6.07) is 6.49. The van der Waals surface area contributed by atoms with Crippen molar-refractivity contribution in [3.8, 4) is 0 Å². The minimum atomic E-state index is -0.380. The Kier molecular flexibility index (Phi) is 3.04. The average molecular weight is 233 g/mol. The fourth-order valence-corrected chi connectivity index (χ4v) is 2.80. The molecule has 0 radical (unpaired) electrons. The number of aliphatic hydroxyl groups excluding tert-OH is 1. The maximum absolute atomic E-state index is 9.77. The zero-order valence-electron chi connectivity index (χ0n) is 9.98. The largest absolute Gasteiger partial charge is 0.388 e. The van der Waals surface area contributed by atoms with Gasteiger partial charge in [0.2, 0.25) is 0 Å². The lowest BCUT2D eigenvalue weighted by Gasteiger charge is -2.23. The van der Waals surface area contributed by atoms with E-state index in [-0.39, 0.29) is 12.1 Å². The molecule has 1 aliphatic carbocycles. The Morgan fingerprint density at radius 1 is 1.18 bits per heavy atom. The summed E-state index contributed by atoms with van der Waals surface area (Å²) in [6.45, 7) is 1.05. The Labute approximate surface area is 102 Å². The number of aryl methyl sites for hydroxylation is 1. The highest BCUT2D eigenvalue weighted by Crippen LogP contribution is 2.29. The van der Waals surface area contributed by atoms with Crippen molar-refractivity contribution in [3.05, 3.63) is 29.3 Å².